The number of amides is 1. The first-order chi connectivity index (χ1) is 10.3. The molecule has 1 heterocycles. The summed E-state index contributed by atoms with van der Waals surface area (Å²) in [7, 11) is 0. The highest BCUT2D eigenvalue weighted by atomic mass is 16.6. The monoisotopic (exact) mass is 307 g/mol. The molecule has 0 aliphatic carbocycles. The van der Waals surface area contributed by atoms with Crippen LogP contribution < -0.4 is 10.6 Å². The van der Waals surface area contributed by atoms with Crippen LogP contribution in [0.5, 0.6) is 0 Å². The summed E-state index contributed by atoms with van der Waals surface area (Å²) in [4.78, 5) is 27.2. The molecule has 6 nitrogen and oxygen atoms in total. The average Bonchev–Trinajstić information content (AvgIpc) is 2.39. The molecular weight excluding hydrogens is 282 g/mol. The number of anilines is 1. The fourth-order valence-electron chi connectivity index (χ4n) is 1.73. The van der Waals surface area contributed by atoms with Gasteiger partial charge < -0.3 is 15.4 Å². The molecule has 0 aliphatic rings. The van der Waals surface area contributed by atoms with Gasteiger partial charge in [-0.2, -0.15) is 0 Å². The molecule has 2 N–H and O–H groups in total. The molecule has 0 saturated carbocycles. The van der Waals surface area contributed by atoms with Crippen molar-refractivity contribution in [1.82, 2.24) is 10.3 Å². The molecule has 1 rings (SSSR count). The van der Waals surface area contributed by atoms with Crippen molar-refractivity contribution in [2.24, 2.45) is 0 Å². The van der Waals surface area contributed by atoms with E-state index in [0.717, 1.165) is 11.4 Å². The zero-order valence-electron chi connectivity index (χ0n) is 13.7. The number of ether oxygens (including phenoxy) is 1. The van der Waals surface area contributed by atoms with Crippen LogP contribution in [0, 0.1) is 6.92 Å². The molecule has 0 saturated heterocycles. The average molecular weight is 307 g/mol. The zero-order valence-corrected chi connectivity index (χ0v) is 13.7. The Morgan fingerprint density at radius 2 is 2.05 bits per heavy atom. The van der Waals surface area contributed by atoms with Crippen molar-refractivity contribution in [3.05, 3.63) is 23.9 Å². The summed E-state index contributed by atoms with van der Waals surface area (Å²) in [5, 5.41) is 5.71. The molecule has 1 aromatic heterocycles. The Balaban J connectivity index is 2.15. The van der Waals surface area contributed by atoms with E-state index in [1.54, 1.807) is 27.0 Å². The van der Waals surface area contributed by atoms with Gasteiger partial charge in [-0.05, 0) is 51.8 Å². The minimum atomic E-state index is -0.535. The molecule has 0 spiro atoms. The summed E-state index contributed by atoms with van der Waals surface area (Å²) >= 11 is 0. The second-order valence-corrected chi connectivity index (χ2v) is 6.11. The van der Waals surface area contributed by atoms with Crippen LogP contribution in [0.1, 0.15) is 39.2 Å². The summed E-state index contributed by atoms with van der Waals surface area (Å²) in [5.41, 5.74) is 0.597. The van der Waals surface area contributed by atoms with Crippen molar-refractivity contribution in [2.75, 3.05) is 18.4 Å². The minimum absolute atomic E-state index is 0.0943. The number of nitrogens with zero attached hydrogens (tertiary/aromatic N) is 1. The predicted octanol–water partition coefficient (Wildman–Crippen LogP) is 2.04. The smallest absolute Gasteiger partial charge is 0.325 e. The number of carbonyl (C=O) groups is 2. The van der Waals surface area contributed by atoms with Gasteiger partial charge in [-0.1, -0.05) is 0 Å². The third-order valence-corrected chi connectivity index (χ3v) is 2.65. The molecule has 0 aliphatic heterocycles. The SMILES string of the molecule is Cc1ccnc(NCCCC(=O)NCC(=O)OC(C)(C)C)c1. The van der Waals surface area contributed by atoms with E-state index in [9.17, 15) is 9.59 Å². The molecule has 0 atom stereocenters. The Morgan fingerprint density at radius 3 is 2.68 bits per heavy atom. The molecular formula is C16H25N3O3. The molecule has 22 heavy (non-hydrogen) atoms. The van der Waals surface area contributed by atoms with Crippen LogP contribution in [-0.2, 0) is 14.3 Å². The van der Waals surface area contributed by atoms with E-state index in [1.165, 1.54) is 0 Å². The maximum absolute atomic E-state index is 11.6. The van der Waals surface area contributed by atoms with E-state index in [1.807, 2.05) is 19.1 Å². The Morgan fingerprint density at radius 1 is 1.32 bits per heavy atom. The molecule has 0 aromatic carbocycles. The first kappa shape index (κ1) is 17.9. The van der Waals surface area contributed by atoms with Crippen LogP contribution in [0.2, 0.25) is 0 Å². The highest BCUT2D eigenvalue weighted by Gasteiger charge is 2.16. The van der Waals surface area contributed by atoms with E-state index in [2.05, 4.69) is 15.6 Å². The molecule has 122 valence electrons. The number of aromatic nitrogens is 1. The van der Waals surface area contributed by atoms with Gasteiger partial charge in [0.1, 0.15) is 18.0 Å². The fourth-order valence-corrected chi connectivity index (χ4v) is 1.73. The Labute approximate surface area is 131 Å². The van der Waals surface area contributed by atoms with Crippen LogP contribution >= 0.6 is 0 Å². The third-order valence-electron chi connectivity index (χ3n) is 2.65. The van der Waals surface area contributed by atoms with Gasteiger partial charge in [-0.3, -0.25) is 9.59 Å². The lowest BCUT2D eigenvalue weighted by Crippen LogP contribution is -2.34. The van der Waals surface area contributed by atoms with Crippen molar-refractivity contribution in [3.8, 4) is 0 Å². The lowest BCUT2D eigenvalue weighted by atomic mass is 10.2. The summed E-state index contributed by atoms with van der Waals surface area (Å²) in [5.74, 6) is 0.210. The molecule has 1 amide bonds. The van der Waals surface area contributed by atoms with Gasteiger partial charge >= 0.3 is 5.97 Å². The Hall–Kier alpha value is -2.11. The van der Waals surface area contributed by atoms with Crippen molar-refractivity contribution < 1.29 is 14.3 Å². The molecule has 6 heteroatoms. The molecule has 0 unspecified atom stereocenters. The molecule has 0 bridgehead atoms. The predicted molar refractivity (Wildman–Crippen MR) is 85.6 cm³/mol. The van der Waals surface area contributed by atoms with E-state index in [-0.39, 0.29) is 12.5 Å². The van der Waals surface area contributed by atoms with Gasteiger partial charge in [0.15, 0.2) is 0 Å². The molecule has 0 fully saturated rings. The fraction of sp³-hybridized carbons (Fsp3) is 0.562. The summed E-state index contributed by atoms with van der Waals surface area (Å²) in [6.45, 7) is 7.92. The van der Waals surface area contributed by atoms with E-state index >= 15 is 0 Å². The maximum Gasteiger partial charge on any atom is 0.325 e. The van der Waals surface area contributed by atoms with Crippen molar-refractivity contribution in [3.63, 3.8) is 0 Å². The number of nitrogens with one attached hydrogen (secondary N) is 2. The quantitative estimate of drug-likeness (QED) is 0.595. The second kappa shape index (κ2) is 8.36. The number of hydrogen-bond donors (Lipinski definition) is 2. The van der Waals surface area contributed by atoms with Gasteiger partial charge in [0.2, 0.25) is 5.91 Å². The normalized spacial score (nSPS) is 10.9. The second-order valence-electron chi connectivity index (χ2n) is 6.11. The van der Waals surface area contributed by atoms with Gasteiger partial charge in [-0.15, -0.1) is 0 Å². The number of hydrogen-bond acceptors (Lipinski definition) is 5. The first-order valence-electron chi connectivity index (χ1n) is 7.41. The van der Waals surface area contributed by atoms with Crippen LogP contribution in [0.4, 0.5) is 5.82 Å². The van der Waals surface area contributed by atoms with E-state index in [0.29, 0.717) is 19.4 Å². The highest BCUT2D eigenvalue weighted by Crippen LogP contribution is 2.06. The Bertz CT molecular complexity index is 510. The van der Waals surface area contributed by atoms with Gasteiger partial charge in [0.05, 0.1) is 0 Å². The van der Waals surface area contributed by atoms with Crippen LogP contribution in [0.25, 0.3) is 0 Å². The summed E-state index contributed by atoms with van der Waals surface area (Å²) in [6.07, 6.45) is 2.75. The lowest BCUT2D eigenvalue weighted by Gasteiger charge is -2.19. The van der Waals surface area contributed by atoms with E-state index < -0.39 is 11.6 Å². The number of rotatable bonds is 7. The minimum Gasteiger partial charge on any atom is -0.459 e. The van der Waals surface area contributed by atoms with E-state index in [4.69, 9.17) is 4.74 Å². The summed E-state index contributed by atoms with van der Waals surface area (Å²) in [6, 6.07) is 3.87. The van der Waals surface area contributed by atoms with Crippen LogP contribution in [0.3, 0.4) is 0 Å². The highest BCUT2D eigenvalue weighted by molar-refractivity contribution is 5.81. The van der Waals surface area contributed by atoms with Gasteiger partial charge in [0, 0.05) is 19.2 Å². The van der Waals surface area contributed by atoms with Crippen molar-refractivity contribution >= 4 is 17.7 Å². The lowest BCUT2D eigenvalue weighted by molar-refractivity contribution is -0.154. The topological polar surface area (TPSA) is 80.3 Å². The van der Waals surface area contributed by atoms with Gasteiger partial charge in [0.25, 0.3) is 0 Å². The number of aryl methyl sites for hydroxylation is 1. The number of esters is 1. The largest absolute Gasteiger partial charge is 0.459 e. The zero-order chi connectivity index (χ0) is 16.6. The van der Waals surface area contributed by atoms with Crippen molar-refractivity contribution in [2.45, 2.75) is 46.1 Å². The standard InChI is InChI=1S/C16H25N3O3/c1-12-7-9-18-13(10-12)17-8-5-6-14(20)19-11-15(21)22-16(2,3)4/h7,9-10H,5-6,8,11H2,1-4H3,(H,17,18)(H,19,20). The first-order valence-corrected chi connectivity index (χ1v) is 7.41. The van der Waals surface area contributed by atoms with Gasteiger partial charge in [-0.25, -0.2) is 4.98 Å². The number of carbonyl (C=O) groups excluding carboxylic acids is 2. The summed E-state index contributed by atoms with van der Waals surface area (Å²) < 4.78 is 5.11. The third kappa shape index (κ3) is 8.24. The number of pyridine rings is 1. The molecule has 1 aromatic rings. The van der Waals surface area contributed by atoms with Crippen LogP contribution in [-0.4, -0.2) is 35.6 Å². The Kier molecular flexibility index (Phi) is 6.82. The molecule has 0 radical (unpaired) electrons. The van der Waals surface area contributed by atoms with Crippen molar-refractivity contribution in [1.29, 1.82) is 0 Å². The maximum atomic E-state index is 11.6. The van der Waals surface area contributed by atoms with Crippen LogP contribution in [0.15, 0.2) is 18.3 Å².